The summed E-state index contributed by atoms with van der Waals surface area (Å²) in [4.78, 5) is 31.6. The summed E-state index contributed by atoms with van der Waals surface area (Å²) in [6.45, 7) is 13.5. The predicted octanol–water partition coefficient (Wildman–Crippen LogP) is 7.22. The van der Waals surface area contributed by atoms with Crippen molar-refractivity contribution in [3.63, 3.8) is 0 Å². The first-order valence-corrected chi connectivity index (χ1v) is 14.6. The Balaban J connectivity index is 1.47. The maximum absolute atomic E-state index is 13.0. The minimum atomic E-state index is -0.879. The van der Waals surface area contributed by atoms with Crippen LogP contribution in [0.5, 0.6) is 0 Å². The SMILES string of the molecule is CCC1(COC(=O)Nc2ccccc2)COC2(CC(C)(CC)N(OC(=O)Nc3ccccc3)C(C)(CC)C2C)OC1. The summed E-state index contributed by atoms with van der Waals surface area (Å²) in [7, 11) is 0. The van der Waals surface area contributed by atoms with Gasteiger partial charge in [0.05, 0.1) is 29.7 Å². The van der Waals surface area contributed by atoms with Gasteiger partial charge in [-0.1, -0.05) is 64.1 Å². The van der Waals surface area contributed by atoms with Crippen LogP contribution in [0.3, 0.4) is 0 Å². The molecule has 0 aliphatic carbocycles. The fraction of sp³-hybridized carbons (Fsp3) is 0.562. The molecule has 2 fully saturated rings. The molecule has 4 rings (SSSR count). The molecule has 41 heavy (non-hydrogen) atoms. The summed E-state index contributed by atoms with van der Waals surface area (Å²) < 4.78 is 19.0. The van der Waals surface area contributed by atoms with Crippen molar-refractivity contribution in [1.82, 2.24) is 5.06 Å². The molecule has 0 bridgehead atoms. The number of rotatable bonds is 8. The number of carbonyl (C=O) groups excluding carboxylic acids is 2. The first kappa shape index (κ1) is 30.8. The molecule has 9 nitrogen and oxygen atoms in total. The highest BCUT2D eigenvalue weighted by molar-refractivity contribution is 5.84. The van der Waals surface area contributed by atoms with Gasteiger partial charge in [0.1, 0.15) is 6.61 Å². The number of para-hydroxylation sites is 2. The van der Waals surface area contributed by atoms with Gasteiger partial charge in [-0.2, -0.15) is 0 Å². The van der Waals surface area contributed by atoms with Gasteiger partial charge in [-0.15, -0.1) is 5.06 Å². The summed E-state index contributed by atoms with van der Waals surface area (Å²) in [5.74, 6) is -1.02. The lowest BCUT2D eigenvalue weighted by molar-refractivity contribution is -0.400. The Morgan fingerprint density at radius 1 is 0.854 bits per heavy atom. The Morgan fingerprint density at radius 3 is 1.88 bits per heavy atom. The third-order valence-electron chi connectivity index (χ3n) is 9.37. The average Bonchev–Trinajstić information content (AvgIpc) is 2.99. The Bertz CT molecular complexity index is 1170. The first-order chi connectivity index (χ1) is 19.5. The molecule has 1 spiro atoms. The Morgan fingerprint density at radius 2 is 1.39 bits per heavy atom. The van der Waals surface area contributed by atoms with Gasteiger partial charge in [0.25, 0.3) is 0 Å². The molecular formula is C32H45N3O6. The second kappa shape index (κ2) is 12.4. The number of carbonyl (C=O) groups is 2. The van der Waals surface area contributed by atoms with Gasteiger partial charge < -0.3 is 19.0 Å². The molecule has 9 heteroatoms. The fourth-order valence-corrected chi connectivity index (χ4v) is 5.97. The molecule has 3 atom stereocenters. The van der Waals surface area contributed by atoms with Crippen molar-refractivity contribution < 1.29 is 28.6 Å². The van der Waals surface area contributed by atoms with E-state index in [1.54, 1.807) is 0 Å². The summed E-state index contributed by atoms with van der Waals surface area (Å²) in [6, 6.07) is 18.5. The van der Waals surface area contributed by atoms with Crippen molar-refractivity contribution in [2.45, 2.75) is 84.1 Å². The number of piperidine rings is 1. The summed E-state index contributed by atoms with van der Waals surface area (Å²) in [5.41, 5.74) is -0.243. The monoisotopic (exact) mass is 567 g/mol. The minimum absolute atomic E-state index is 0.138. The van der Waals surface area contributed by atoms with Gasteiger partial charge in [0.2, 0.25) is 0 Å². The maximum atomic E-state index is 13.0. The molecule has 0 aromatic heterocycles. The maximum Gasteiger partial charge on any atom is 0.430 e. The van der Waals surface area contributed by atoms with Gasteiger partial charge in [-0.05, 0) is 57.4 Å². The Kier molecular flexibility index (Phi) is 9.31. The molecule has 2 saturated heterocycles. The highest BCUT2D eigenvalue weighted by Gasteiger charge is 2.64. The number of amides is 2. The van der Waals surface area contributed by atoms with Gasteiger partial charge in [-0.25, -0.2) is 9.59 Å². The number of hydrogen-bond donors (Lipinski definition) is 2. The van der Waals surface area contributed by atoms with Crippen LogP contribution in [0, 0.1) is 11.3 Å². The number of benzene rings is 2. The van der Waals surface area contributed by atoms with E-state index < -0.39 is 34.5 Å². The van der Waals surface area contributed by atoms with E-state index in [2.05, 4.69) is 52.2 Å². The van der Waals surface area contributed by atoms with Crippen LogP contribution in [0.4, 0.5) is 21.0 Å². The molecule has 2 aliphatic rings. The number of hydrogen-bond acceptors (Lipinski definition) is 7. The largest absolute Gasteiger partial charge is 0.449 e. The van der Waals surface area contributed by atoms with E-state index in [-0.39, 0.29) is 12.5 Å². The van der Waals surface area contributed by atoms with Crippen molar-refractivity contribution >= 4 is 23.6 Å². The van der Waals surface area contributed by atoms with E-state index in [1.807, 2.05) is 65.7 Å². The summed E-state index contributed by atoms with van der Waals surface area (Å²) in [5, 5.41) is 7.48. The van der Waals surface area contributed by atoms with E-state index in [0.717, 1.165) is 6.42 Å². The number of nitrogens with one attached hydrogen (secondary N) is 2. The van der Waals surface area contributed by atoms with E-state index in [0.29, 0.717) is 43.9 Å². The van der Waals surface area contributed by atoms with Crippen LogP contribution in [0.2, 0.25) is 0 Å². The lowest BCUT2D eigenvalue weighted by Crippen LogP contribution is -2.74. The van der Waals surface area contributed by atoms with E-state index >= 15 is 0 Å². The lowest BCUT2D eigenvalue weighted by Gasteiger charge is -2.63. The molecule has 2 aromatic rings. The van der Waals surface area contributed by atoms with Crippen LogP contribution in [0.15, 0.2) is 60.7 Å². The molecule has 3 unspecified atom stereocenters. The topological polar surface area (TPSA) is 98.4 Å². The predicted molar refractivity (Wildman–Crippen MR) is 158 cm³/mol. The molecule has 0 radical (unpaired) electrons. The molecule has 224 valence electrons. The van der Waals surface area contributed by atoms with Gasteiger partial charge >= 0.3 is 12.2 Å². The van der Waals surface area contributed by atoms with E-state index in [1.165, 1.54) is 0 Å². The van der Waals surface area contributed by atoms with Crippen LogP contribution < -0.4 is 10.6 Å². The molecule has 2 aromatic carbocycles. The Labute approximate surface area is 243 Å². The van der Waals surface area contributed by atoms with Crippen molar-refractivity contribution in [2.24, 2.45) is 11.3 Å². The number of nitrogens with zero attached hydrogens (tertiary/aromatic N) is 1. The number of anilines is 2. The highest BCUT2D eigenvalue weighted by atomic mass is 16.7. The minimum Gasteiger partial charge on any atom is -0.449 e. The average molecular weight is 568 g/mol. The number of hydroxylamine groups is 2. The van der Waals surface area contributed by atoms with Gasteiger partial charge in [0, 0.05) is 23.7 Å². The molecule has 2 N–H and O–H groups in total. The second-order valence-corrected chi connectivity index (χ2v) is 11.9. The van der Waals surface area contributed by atoms with Gasteiger partial charge in [0.15, 0.2) is 5.79 Å². The van der Waals surface area contributed by atoms with Crippen molar-refractivity contribution in [2.75, 3.05) is 30.5 Å². The number of ether oxygens (including phenoxy) is 3. The quantitative estimate of drug-likeness (QED) is 0.348. The van der Waals surface area contributed by atoms with Crippen LogP contribution in [0.1, 0.15) is 67.2 Å². The smallest absolute Gasteiger partial charge is 0.430 e. The van der Waals surface area contributed by atoms with E-state index in [4.69, 9.17) is 19.0 Å². The Hall–Kier alpha value is -3.14. The van der Waals surface area contributed by atoms with Crippen LogP contribution in [0.25, 0.3) is 0 Å². The van der Waals surface area contributed by atoms with Crippen molar-refractivity contribution in [3.05, 3.63) is 60.7 Å². The highest BCUT2D eigenvalue weighted by Crippen LogP contribution is 2.54. The molecule has 0 saturated carbocycles. The summed E-state index contributed by atoms with van der Waals surface area (Å²) in [6.07, 6.45) is 1.62. The molecule has 2 aliphatic heterocycles. The van der Waals surface area contributed by atoms with Crippen LogP contribution in [-0.2, 0) is 19.0 Å². The molecule has 2 amide bonds. The molecule has 2 heterocycles. The molecular weight excluding hydrogens is 522 g/mol. The zero-order valence-corrected chi connectivity index (χ0v) is 25.2. The van der Waals surface area contributed by atoms with Crippen molar-refractivity contribution in [3.8, 4) is 0 Å². The third kappa shape index (κ3) is 6.37. The van der Waals surface area contributed by atoms with E-state index in [9.17, 15) is 9.59 Å². The first-order valence-electron chi connectivity index (χ1n) is 14.6. The summed E-state index contributed by atoms with van der Waals surface area (Å²) >= 11 is 0. The standard InChI is InChI=1S/C32H45N3O6/c1-7-29(5)20-32(24(4)30(6,8-2)35(29)41-28(37)34-26-18-14-11-15-19-26)39-22-31(9-3,23-40-32)21-38-27(36)33-25-16-12-10-13-17-25/h10-19,24H,7-9,20-23H2,1-6H3,(H,33,36)(H,34,37). The van der Waals surface area contributed by atoms with Crippen LogP contribution in [-0.4, -0.2) is 53.9 Å². The third-order valence-corrected chi connectivity index (χ3v) is 9.37. The van der Waals surface area contributed by atoms with Crippen LogP contribution >= 0.6 is 0 Å². The zero-order valence-electron chi connectivity index (χ0n) is 25.2. The van der Waals surface area contributed by atoms with Crippen molar-refractivity contribution in [1.29, 1.82) is 0 Å². The lowest BCUT2D eigenvalue weighted by atomic mass is 9.66. The zero-order chi connectivity index (χ0) is 29.7. The fourth-order valence-electron chi connectivity index (χ4n) is 5.97. The normalized spacial score (nSPS) is 31.8. The second-order valence-electron chi connectivity index (χ2n) is 11.9. The van der Waals surface area contributed by atoms with Gasteiger partial charge in [-0.3, -0.25) is 10.6 Å².